The molecule has 0 atom stereocenters. The van der Waals surface area contributed by atoms with Gasteiger partial charge in [-0.05, 0) is 34.4 Å². The van der Waals surface area contributed by atoms with Crippen LogP contribution in [0.3, 0.4) is 0 Å². The van der Waals surface area contributed by atoms with Gasteiger partial charge in [-0.2, -0.15) is 5.26 Å². The minimum atomic E-state index is -0.278. The maximum absolute atomic E-state index is 12.5. The third kappa shape index (κ3) is 2.87. The van der Waals surface area contributed by atoms with E-state index in [0.29, 0.717) is 0 Å². The molecule has 0 fully saturated rings. The molecule has 66 valence electrons. The first-order valence-corrected chi connectivity index (χ1v) is 5.13. The molecule has 0 spiro atoms. The number of nitriles is 1. The summed E-state index contributed by atoms with van der Waals surface area (Å²) in [5.74, 6) is -0.278. The Balaban J connectivity index is 2.95. The number of halogens is 2. The van der Waals surface area contributed by atoms with E-state index >= 15 is 0 Å². The molecule has 1 aromatic rings. The topological polar surface area (TPSA) is 23.8 Å². The van der Waals surface area contributed by atoms with E-state index in [0.717, 1.165) is 22.2 Å². The number of hydrogen-bond donors (Lipinski definition) is 0. The molecule has 0 bridgehead atoms. The SMILES string of the molecule is N#CSC(=CBr)c1ccc(F)cc1. The average Bonchev–Trinajstić information content (AvgIpc) is 2.16. The smallest absolute Gasteiger partial charge is 0.138 e. The van der Waals surface area contributed by atoms with Gasteiger partial charge < -0.3 is 0 Å². The van der Waals surface area contributed by atoms with Crippen LogP contribution in [-0.4, -0.2) is 0 Å². The highest BCUT2D eigenvalue weighted by Crippen LogP contribution is 2.27. The van der Waals surface area contributed by atoms with Crippen molar-refractivity contribution in [3.05, 3.63) is 40.6 Å². The zero-order chi connectivity index (χ0) is 9.68. The largest absolute Gasteiger partial charge is 0.207 e. The van der Waals surface area contributed by atoms with E-state index in [1.807, 2.05) is 5.40 Å². The normalized spacial score (nSPS) is 11.0. The predicted molar refractivity (Wildman–Crippen MR) is 56.5 cm³/mol. The lowest BCUT2D eigenvalue weighted by atomic mass is 10.2. The van der Waals surface area contributed by atoms with Gasteiger partial charge >= 0.3 is 0 Å². The molecule has 0 saturated carbocycles. The Kier molecular flexibility index (Phi) is 4.00. The molecule has 0 aliphatic rings. The standard InChI is InChI=1S/C9H5BrFNS/c10-5-9(13-6-12)7-1-3-8(11)4-2-7/h1-5H. The van der Waals surface area contributed by atoms with E-state index in [-0.39, 0.29) is 5.82 Å². The quantitative estimate of drug-likeness (QED) is 0.754. The Bertz CT molecular complexity index is 353. The highest BCUT2D eigenvalue weighted by atomic mass is 79.9. The summed E-state index contributed by atoms with van der Waals surface area (Å²) in [4.78, 5) is 2.41. The second kappa shape index (κ2) is 5.05. The molecule has 0 aromatic heterocycles. The molecule has 0 saturated heterocycles. The van der Waals surface area contributed by atoms with Crippen molar-refractivity contribution < 1.29 is 4.39 Å². The van der Waals surface area contributed by atoms with Crippen LogP contribution < -0.4 is 0 Å². The van der Waals surface area contributed by atoms with E-state index < -0.39 is 0 Å². The molecule has 1 nitrogen and oxygen atoms in total. The first kappa shape index (κ1) is 10.3. The lowest BCUT2D eigenvalue weighted by Gasteiger charge is -1.99. The molecule has 0 amide bonds. The van der Waals surface area contributed by atoms with Crippen LogP contribution in [0.1, 0.15) is 5.56 Å². The van der Waals surface area contributed by atoms with Gasteiger partial charge in [0, 0.05) is 4.91 Å². The van der Waals surface area contributed by atoms with Crippen molar-refractivity contribution in [3.8, 4) is 5.40 Å². The van der Waals surface area contributed by atoms with Gasteiger partial charge in [-0.25, -0.2) is 4.39 Å². The maximum atomic E-state index is 12.5. The number of rotatable bonds is 2. The molecular weight excluding hydrogens is 253 g/mol. The van der Waals surface area contributed by atoms with Crippen molar-refractivity contribution in [2.75, 3.05) is 0 Å². The number of thiocyanates is 1. The minimum absolute atomic E-state index is 0.278. The second-order valence-electron chi connectivity index (χ2n) is 2.17. The van der Waals surface area contributed by atoms with E-state index in [2.05, 4.69) is 15.9 Å². The summed E-state index contributed by atoms with van der Waals surface area (Å²) in [6.07, 6.45) is 0. The van der Waals surface area contributed by atoms with Crippen LogP contribution in [0.5, 0.6) is 0 Å². The number of thioether (sulfide) groups is 1. The monoisotopic (exact) mass is 257 g/mol. The third-order valence-corrected chi connectivity index (χ3v) is 2.81. The highest BCUT2D eigenvalue weighted by molar-refractivity contribution is 9.11. The fourth-order valence-electron chi connectivity index (χ4n) is 0.808. The van der Waals surface area contributed by atoms with Crippen LogP contribution in [-0.2, 0) is 0 Å². The lowest BCUT2D eigenvalue weighted by Crippen LogP contribution is -1.79. The van der Waals surface area contributed by atoms with Gasteiger partial charge in [0.1, 0.15) is 11.2 Å². The Morgan fingerprint density at radius 3 is 2.54 bits per heavy atom. The minimum Gasteiger partial charge on any atom is -0.207 e. The van der Waals surface area contributed by atoms with Crippen molar-refractivity contribution in [1.82, 2.24) is 0 Å². The maximum Gasteiger partial charge on any atom is 0.138 e. The second-order valence-corrected chi connectivity index (χ2v) is 3.46. The molecule has 4 heteroatoms. The summed E-state index contributed by atoms with van der Waals surface area (Å²) in [6, 6.07) is 5.99. The van der Waals surface area contributed by atoms with Gasteiger partial charge in [0.05, 0.1) is 0 Å². The van der Waals surface area contributed by atoms with Crippen molar-refractivity contribution >= 4 is 32.6 Å². The van der Waals surface area contributed by atoms with Crippen molar-refractivity contribution in [2.45, 2.75) is 0 Å². The number of hydrogen-bond acceptors (Lipinski definition) is 2. The molecule has 0 aliphatic carbocycles. The molecule has 0 unspecified atom stereocenters. The number of benzene rings is 1. The van der Waals surface area contributed by atoms with E-state index in [1.54, 1.807) is 17.1 Å². The summed E-state index contributed by atoms with van der Waals surface area (Å²) in [5, 5.41) is 10.4. The first-order chi connectivity index (χ1) is 6.27. The third-order valence-electron chi connectivity index (χ3n) is 1.38. The summed E-state index contributed by atoms with van der Waals surface area (Å²) < 4.78 is 12.5. The van der Waals surface area contributed by atoms with Crippen molar-refractivity contribution in [3.63, 3.8) is 0 Å². The molecule has 0 radical (unpaired) electrons. The van der Waals surface area contributed by atoms with Gasteiger partial charge in [-0.1, -0.05) is 28.1 Å². The van der Waals surface area contributed by atoms with E-state index in [9.17, 15) is 4.39 Å². The molecule has 0 aliphatic heterocycles. The van der Waals surface area contributed by atoms with Gasteiger partial charge in [0.25, 0.3) is 0 Å². The Morgan fingerprint density at radius 2 is 2.08 bits per heavy atom. The van der Waals surface area contributed by atoms with Crippen molar-refractivity contribution in [1.29, 1.82) is 5.26 Å². The zero-order valence-corrected chi connectivity index (χ0v) is 8.90. The predicted octanol–water partition coefficient (Wildman–Crippen LogP) is 3.73. The van der Waals surface area contributed by atoms with Gasteiger partial charge in [0.2, 0.25) is 0 Å². The zero-order valence-electron chi connectivity index (χ0n) is 6.50. The summed E-state index contributed by atoms with van der Waals surface area (Å²) in [6.45, 7) is 0. The van der Waals surface area contributed by atoms with Crippen LogP contribution in [0.4, 0.5) is 4.39 Å². The van der Waals surface area contributed by atoms with Crippen LogP contribution in [0.15, 0.2) is 29.3 Å². The molecule has 1 rings (SSSR count). The van der Waals surface area contributed by atoms with E-state index in [1.165, 1.54) is 12.1 Å². The Morgan fingerprint density at radius 1 is 1.46 bits per heavy atom. The van der Waals surface area contributed by atoms with E-state index in [4.69, 9.17) is 5.26 Å². The van der Waals surface area contributed by atoms with Crippen LogP contribution in [0.25, 0.3) is 4.91 Å². The summed E-state index contributed by atoms with van der Waals surface area (Å²) in [7, 11) is 0. The number of nitrogens with zero attached hydrogens (tertiary/aromatic N) is 1. The van der Waals surface area contributed by atoms with Crippen LogP contribution in [0.2, 0.25) is 0 Å². The fourth-order valence-corrected chi connectivity index (χ4v) is 1.75. The lowest BCUT2D eigenvalue weighted by molar-refractivity contribution is 0.628. The van der Waals surface area contributed by atoms with Gasteiger partial charge in [0.15, 0.2) is 0 Å². The van der Waals surface area contributed by atoms with Crippen LogP contribution in [0, 0.1) is 16.5 Å². The average molecular weight is 258 g/mol. The van der Waals surface area contributed by atoms with Crippen molar-refractivity contribution in [2.24, 2.45) is 0 Å². The molecule has 0 N–H and O–H groups in total. The molecule has 13 heavy (non-hydrogen) atoms. The van der Waals surface area contributed by atoms with Gasteiger partial charge in [-0.3, -0.25) is 0 Å². The fraction of sp³-hybridized carbons (Fsp3) is 0. The van der Waals surface area contributed by atoms with Gasteiger partial charge in [-0.15, -0.1) is 0 Å². The molecular formula is C9H5BrFNS. The highest BCUT2D eigenvalue weighted by Gasteiger charge is 2.00. The van der Waals surface area contributed by atoms with Crippen LogP contribution >= 0.6 is 27.7 Å². The Labute approximate surface area is 88.4 Å². The molecule has 1 aromatic carbocycles. The first-order valence-electron chi connectivity index (χ1n) is 3.40. The molecule has 0 heterocycles. The summed E-state index contributed by atoms with van der Waals surface area (Å²) in [5.41, 5.74) is 0.824. The summed E-state index contributed by atoms with van der Waals surface area (Å²) >= 11 is 4.18. The Hall–Kier alpha value is -0.790.